The van der Waals surface area contributed by atoms with E-state index in [0.29, 0.717) is 0 Å². The van der Waals surface area contributed by atoms with Crippen molar-refractivity contribution in [2.24, 2.45) is 11.8 Å². The van der Waals surface area contributed by atoms with Gasteiger partial charge < -0.3 is 10.6 Å². The Hall–Kier alpha value is -1.09. The largest absolute Gasteiger partial charge is 0.397 e. The predicted molar refractivity (Wildman–Crippen MR) is 67.1 cm³/mol. The van der Waals surface area contributed by atoms with Crippen molar-refractivity contribution in [2.75, 3.05) is 25.4 Å². The summed E-state index contributed by atoms with van der Waals surface area (Å²) in [4.78, 5) is 6.86. The van der Waals surface area contributed by atoms with Crippen molar-refractivity contribution in [1.82, 2.24) is 9.88 Å². The molecule has 0 saturated carbocycles. The molecule has 3 heteroatoms. The molecular formula is C13H21N3. The Kier molecular flexibility index (Phi) is 3.44. The molecule has 2 atom stereocenters. The minimum Gasteiger partial charge on any atom is -0.397 e. The van der Waals surface area contributed by atoms with E-state index in [1.807, 2.05) is 12.1 Å². The quantitative estimate of drug-likeness (QED) is 0.843. The lowest BCUT2D eigenvalue weighted by Crippen LogP contribution is -2.23. The fourth-order valence-electron chi connectivity index (χ4n) is 2.29. The van der Waals surface area contributed by atoms with Crippen molar-refractivity contribution in [3.05, 3.63) is 24.0 Å². The Labute approximate surface area is 97.7 Å². The highest BCUT2D eigenvalue weighted by Gasteiger charge is 2.25. The summed E-state index contributed by atoms with van der Waals surface area (Å²) in [6.07, 6.45) is 2.77. The van der Waals surface area contributed by atoms with E-state index >= 15 is 0 Å². The summed E-state index contributed by atoms with van der Waals surface area (Å²) in [5, 5.41) is 0. The number of pyridine rings is 1. The van der Waals surface area contributed by atoms with Gasteiger partial charge in [0.1, 0.15) is 0 Å². The highest BCUT2D eigenvalue weighted by atomic mass is 15.1. The summed E-state index contributed by atoms with van der Waals surface area (Å²) < 4.78 is 0. The maximum Gasteiger partial charge on any atom is 0.0501 e. The van der Waals surface area contributed by atoms with E-state index in [1.165, 1.54) is 13.1 Å². The smallest absolute Gasteiger partial charge is 0.0501 e. The van der Waals surface area contributed by atoms with Crippen LogP contribution in [0.2, 0.25) is 0 Å². The van der Waals surface area contributed by atoms with Gasteiger partial charge in [-0.05, 0) is 24.0 Å². The molecule has 1 aromatic rings. The standard InChI is InChI=1S/C13H21N3/c1-10-8-16(9-11(10)2)6-5-13-4-3-12(14)7-15-13/h3-4,7,10-11H,5-6,8-9,14H2,1-2H3. The number of hydrogen-bond donors (Lipinski definition) is 1. The van der Waals surface area contributed by atoms with E-state index in [2.05, 4.69) is 23.7 Å². The summed E-state index contributed by atoms with van der Waals surface area (Å²) in [7, 11) is 0. The first-order valence-electron chi connectivity index (χ1n) is 6.08. The summed E-state index contributed by atoms with van der Waals surface area (Å²) in [6, 6.07) is 3.95. The molecule has 0 amide bonds. The first-order chi connectivity index (χ1) is 7.65. The molecular weight excluding hydrogens is 198 g/mol. The van der Waals surface area contributed by atoms with Gasteiger partial charge in [-0.3, -0.25) is 4.98 Å². The summed E-state index contributed by atoms with van der Waals surface area (Å²) in [5.41, 5.74) is 7.49. The Balaban J connectivity index is 1.82. The van der Waals surface area contributed by atoms with Gasteiger partial charge in [0.15, 0.2) is 0 Å². The molecule has 2 rings (SSSR count). The highest BCUT2D eigenvalue weighted by Crippen LogP contribution is 2.21. The zero-order valence-electron chi connectivity index (χ0n) is 10.2. The Morgan fingerprint density at radius 2 is 2.00 bits per heavy atom. The van der Waals surface area contributed by atoms with Crippen molar-refractivity contribution >= 4 is 5.69 Å². The molecule has 1 aromatic heterocycles. The lowest BCUT2D eigenvalue weighted by atomic mass is 10.0. The fraction of sp³-hybridized carbons (Fsp3) is 0.615. The Morgan fingerprint density at radius 1 is 1.31 bits per heavy atom. The number of nitrogens with two attached hydrogens (primary N) is 1. The molecule has 0 bridgehead atoms. The molecule has 1 saturated heterocycles. The predicted octanol–water partition coefficient (Wildman–Crippen LogP) is 1.79. The third-order valence-corrected chi connectivity index (χ3v) is 3.60. The van der Waals surface area contributed by atoms with Gasteiger partial charge in [-0.1, -0.05) is 13.8 Å². The molecule has 16 heavy (non-hydrogen) atoms. The number of nitrogens with zero attached hydrogens (tertiary/aromatic N) is 2. The van der Waals surface area contributed by atoms with Crippen LogP contribution in [0.15, 0.2) is 18.3 Å². The summed E-state index contributed by atoms with van der Waals surface area (Å²) in [5.74, 6) is 1.67. The van der Waals surface area contributed by atoms with Crippen molar-refractivity contribution in [3.63, 3.8) is 0 Å². The lowest BCUT2D eigenvalue weighted by Gasteiger charge is -2.14. The highest BCUT2D eigenvalue weighted by molar-refractivity contribution is 5.34. The van der Waals surface area contributed by atoms with E-state index < -0.39 is 0 Å². The molecule has 88 valence electrons. The molecule has 0 aromatic carbocycles. The molecule has 1 aliphatic heterocycles. The van der Waals surface area contributed by atoms with Gasteiger partial charge in [0.25, 0.3) is 0 Å². The molecule has 3 nitrogen and oxygen atoms in total. The van der Waals surface area contributed by atoms with Crippen molar-refractivity contribution in [2.45, 2.75) is 20.3 Å². The maximum atomic E-state index is 5.61. The van der Waals surface area contributed by atoms with E-state index in [1.54, 1.807) is 6.20 Å². The summed E-state index contributed by atoms with van der Waals surface area (Å²) >= 11 is 0. The van der Waals surface area contributed by atoms with Gasteiger partial charge in [0.2, 0.25) is 0 Å². The molecule has 1 fully saturated rings. The Bertz CT molecular complexity index is 324. The van der Waals surface area contributed by atoms with Crippen LogP contribution in [0, 0.1) is 11.8 Å². The Morgan fingerprint density at radius 3 is 2.56 bits per heavy atom. The van der Waals surface area contributed by atoms with Crippen molar-refractivity contribution in [1.29, 1.82) is 0 Å². The van der Waals surface area contributed by atoms with Crippen LogP contribution in [0.1, 0.15) is 19.5 Å². The average molecular weight is 219 g/mol. The second-order valence-electron chi connectivity index (χ2n) is 5.05. The molecule has 0 aliphatic carbocycles. The van der Waals surface area contributed by atoms with E-state index in [4.69, 9.17) is 5.73 Å². The zero-order valence-corrected chi connectivity index (χ0v) is 10.2. The van der Waals surface area contributed by atoms with Crippen molar-refractivity contribution in [3.8, 4) is 0 Å². The van der Waals surface area contributed by atoms with Gasteiger partial charge in [0, 0.05) is 31.7 Å². The second kappa shape index (κ2) is 4.83. The minimum atomic E-state index is 0.743. The van der Waals surface area contributed by atoms with Crippen LogP contribution in [0.3, 0.4) is 0 Å². The lowest BCUT2D eigenvalue weighted by molar-refractivity contribution is 0.327. The monoisotopic (exact) mass is 219 g/mol. The zero-order chi connectivity index (χ0) is 11.5. The molecule has 2 unspecified atom stereocenters. The normalized spacial score (nSPS) is 26.1. The van der Waals surface area contributed by atoms with Crippen LogP contribution < -0.4 is 5.73 Å². The van der Waals surface area contributed by atoms with E-state index in [-0.39, 0.29) is 0 Å². The average Bonchev–Trinajstić information content (AvgIpc) is 2.58. The molecule has 1 aliphatic rings. The van der Waals surface area contributed by atoms with Gasteiger partial charge in [-0.2, -0.15) is 0 Å². The number of anilines is 1. The van der Waals surface area contributed by atoms with Crippen LogP contribution in [-0.2, 0) is 6.42 Å². The molecule has 2 heterocycles. The van der Waals surface area contributed by atoms with E-state index in [0.717, 1.165) is 36.2 Å². The maximum absolute atomic E-state index is 5.61. The number of aromatic nitrogens is 1. The van der Waals surface area contributed by atoms with Gasteiger partial charge in [-0.15, -0.1) is 0 Å². The SMILES string of the molecule is CC1CN(CCc2ccc(N)cn2)CC1C. The van der Waals surface area contributed by atoms with Crippen LogP contribution >= 0.6 is 0 Å². The minimum absolute atomic E-state index is 0.743. The number of hydrogen-bond acceptors (Lipinski definition) is 3. The third kappa shape index (κ3) is 2.73. The van der Waals surface area contributed by atoms with E-state index in [9.17, 15) is 0 Å². The number of rotatable bonds is 3. The first kappa shape index (κ1) is 11.4. The van der Waals surface area contributed by atoms with Crippen LogP contribution in [0.5, 0.6) is 0 Å². The van der Waals surface area contributed by atoms with Crippen molar-refractivity contribution < 1.29 is 0 Å². The second-order valence-corrected chi connectivity index (χ2v) is 5.05. The molecule has 2 N–H and O–H groups in total. The number of likely N-dealkylation sites (tertiary alicyclic amines) is 1. The van der Waals surface area contributed by atoms with Gasteiger partial charge in [-0.25, -0.2) is 0 Å². The topological polar surface area (TPSA) is 42.1 Å². The van der Waals surface area contributed by atoms with Gasteiger partial charge in [0.05, 0.1) is 11.9 Å². The van der Waals surface area contributed by atoms with Crippen LogP contribution in [-0.4, -0.2) is 29.5 Å². The molecule has 0 radical (unpaired) electrons. The third-order valence-electron chi connectivity index (χ3n) is 3.60. The first-order valence-corrected chi connectivity index (χ1v) is 6.08. The fourth-order valence-corrected chi connectivity index (χ4v) is 2.29. The van der Waals surface area contributed by atoms with Crippen LogP contribution in [0.4, 0.5) is 5.69 Å². The number of nitrogen functional groups attached to an aromatic ring is 1. The molecule has 0 spiro atoms. The van der Waals surface area contributed by atoms with Gasteiger partial charge >= 0.3 is 0 Å². The summed E-state index contributed by atoms with van der Waals surface area (Å²) in [6.45, 7) is 8.26. The van der Waals surface area contributed by atoms with Crippen LogP contribution in [0.25, 0.3) is 0 Å².